The van der Waals surface area contributed by atoms with Crippen LogP contribution in [0.3, 0.4) is 0 Å². The monoisotopic (exact) mass is 266 g/mol. The second kappa shape index (κ2) is 6.01. The highest BCUT2D eigenvalue weighted by Crippen LogP contribution is 2.11. The van der Waals surface area contributed by atoms with E-state index in [0.717, 1.165) is 41.9 Å². The molecule has 2 rings (SSSR count). The SMILES string of the molecule is CCCn1cnnc1CN(C)Cc1nnc(C)s1. The lowest BCUT2D eigenvalue weighted by Gasteiger charge is -2.14. The van der Waals surface area contributed by atoms with Gasteiger partial charge in [0.1, 0.15) is 22.2 Å². The summed E-state index contributed by atoms with van der Waals surface area (Å²) < 4.78 is 2.10. The molecule has 0 aliphatic heterocycles. The maximum absolute atomic E-state index is 4.16. The van der Waals surface area contributed by atoms with Crippen molar-refractivity contribution < 1.29 is 0 Å². The Morgan fingerprint density at radius 3 is 2.78 bits per heavy atom. The van der Waals surface area contributed by atoms with Crippen LogP contribution in [0.4, 0.5) is 0 Å². The Kier molecular flexibility index (Phi) is 4.38. The number of aromatic nitrogens is 5. The van der Waals surface area contributed by atoms with Crippen LogP contribution in [0.15, 0.2) is 6.33 Å². The lowest BCUT2D eigenvalue weighted by atomic mass is 10.4. The van der Waals surface area contributed by atoms with Crippen molar-refractivity contribution in [3.8, 4) is 0 Å². The van der Waals surface area contributed by atoms with E-state index in [2.05, 4.69) is 43.8 Å². The van der Waals surface area contributed by atoms with E-state index in [9.17, 15) is 0 Å². The first kappa shape index (κ1) is 13.1. The maximum Gasteiger partial charge on any atom is 0.147 e. The van der Waals surface area contributed by atoms with Gasteiger partial charge in [0.25, 0.3) is 0 Å². The fourth-order valence-corrected chi connectivity index (χ4v) is 2.55. The zero-order chi connectivity index (χ0) is 13.0. The summed E-state index contributed by atoms with van der Waals surface area (Å²) in [5.74, 6) is 1.00. The molecule has 0 radical (unpaired) electrons. The van der Waals surface area contributed by atoms with Crippen LogP contribution in [-0.4, -0.2) is 36.9 Å². The Hall–Kier alpha value is -1.34. The zero-order valence-corrected chi connectivity index (χ0v) is 11.8. The number of hydrogen-bond donors (Lipinski definition) is 0. The molecule has 0 N–H and O–H groups in total. The largest absolute Gasteiger partial charge is 0.317 e. The molecule has 0 fully saturated rings. The molecule has 0 unspecified atom stereocenters. The topological polar surface area (TPSA) is 59.7 Å². The van der Waals surface area contributed by atoms with Gasteiger partial charge < -0.3 is 4.57 Å². The maximum atomic E-state index is 4.16. The number of rotatable bonds is 6. The third-order valence-electron chi connectivity index (χ3n) is 2.54. The molecule has 0 saturated heterocycles. The molecule has 98 valence electrons. The third kappa shape index (κ3) is 3.33. The van der Waals surface area contributed by atoms with Gasteiger partial charge in [0.05, 0.1) is 13.1 Å². The van der Waals surface area contributed by atoms with Gasteiger partial charge in [-0.05, 0) is 20.4 Å². The van der Waals surface area contributed by atoms with Crippen LogP contribution in [0.25, 0.3) is 0 Å². The van der Waals surface area contributed by atoms with Gasteiger partial charge in [0, 0.05) is 6.54 Å². The Bertz CT molecular complexity index is 491. The van der Waals surface area contributed by atoms with E-state index in [-0.39, 0.29) is 0 Å². The van der Waals surface area contributed by atoms with Gasteiger partial charge in [-0.3, -0.25) is 4.90 Å². The van der Waals surface area contributed by atoms with Crippen LogP contribution < -0.4 is 0 Å². The van der Waals surface area contributed by atoms with Crippen LogP contribution in [0.2, 0.25) is 0 Å². The normalized spacial score (nSPS) is 11.3. The van der Waals surface area contributed by atoms with E-state index >= 15 is 0 Å². The predicted octanol–water partition coefficient (Wildman–Crippen LogP) is 1.48. The first-order valence-electron chi connectivity index (χ1n) is 6.03. The zero-order valence-electron chi connectivity index (χ0n) is 11.0. The van der Waals surface area contributed by atoms with Crippen LogP contribution in [-0.2, 0) is 19.6 Å². The van der Waals surface area contributed by atoms with Gasteiger partial charge in [0.2, 0.25) is 0 Å². The fourth-order valence-electron chi connectivity index (χ4n) is 1.76. The van der Waals surface area contributed by atoms with Gasteiger partial charge in [-0.25, -0.2) is 0 Å². The molecule has 18 heavy (non-hydrogen) atoms. The number of nitrogens with zero attached hydrogens (tertiary/aromatic N) is 6. The lowest BCUT2D eigenvalue weighted by Crippen LogP contribution is -2.20. The van der Waals surface area contributed by atoms with Gasteiger partial charge in [-0.1, -0.05) is 6.92 Å². The minimum Gasteiger partial charge on any atom is -0.317 e. The molecule has 6 nitrogen and oxygen atoms in total. The molecule has 0 aliphatic carbocycles. The molecule has 0 aliphatic rings. The highest BCUT2D eigenvalue weighted by Gasteiger charge is 2.09. The molecule has 0 saturated carbocycles. The minimum atomic E-state index is 0.776. The van der Waals surface area contributed by atoms with Crippen molar-refractivity contribution in [1.82, 2.24) is 29.9 Å². The Morgan fingerprint density at radius 1 is 1.28 bits per heavy atom. The Morgan fingerprint density at radius 2 is 2.11 bits per heavy atom. The van der Waals surface area contributed by atoms with Gasteiger partial charge >= 0.3 is 0 Å². The smallest absolute Gasteiger partial charge is 0.147 e. The van der Waals surface area contributed by atoms with Crippen molar-refractivity contribution in [3.63, 3.8) is 0 Å². The summed E-state index contributed by atoms with van der Waals surface area (Å²) in [6, 6.07) is 0. The quantitative estimate of drug-likeness (QED) is 0.792. The Balaban J connectivity index is 1.94. The standard InChI is InChI=1S/C11H18N6S/c1-4-5-17-8-12-14-10(17)6-16(3)7-11-15-13-9(2)18-11/h8H,4-7H2,1-3H3. The molecule has 0 aromatic carbocycles. The summed E-state index contributed by atoms with van der Waals surface area (Å²) in [6.45, 7) is 6.66. The van der Waals surface area contributed by atoms with Gasteiger partial charge in [-0.15, -0.1) is 31.7 Å². The van der Waals surface area contributed by atoms with E-state index in [1.165, 1.54) is 0 Å². The van der Waals surface area contributed by atoms with E-state index < -0.39 is 0 Å². The molecule has 0 amide bonds. The molecular formula is C11H18N6S. The van der Waals surface area contributed by atoms with Crippen molar-refractivity contribution in [3.05, 3.63) is 22.2 Å². The third-order valence-corrected chi connectivity index (χ3v) is 3.37. The van der Waals surface area contributed by atoms with E-state index in [1.54, 1.807) is 17.7 Å². The molecule has 2 heterocycles. The fraction of sp³-hybridized carbons (Fsp3) is 0.636. The van der Waals surface area contributed by atoms with Crippen molar-refractivity contribution in [2.24, 2.45) is 0 Å². The molecular weight excluding hydrogens is 248 g/mol. The lowest BCUT2D eigenvalue weighted by molar-refractivity contribution is 0.303. The van der Waals surface area contributed by atoms with Crippen molar-refractivity contribution in [2.45, 2.75) is 39.9 Å². The Labute approximate surface area is 111 Å². The first-order chi connectivity index (χ1) is 8.69. The molecule has 0 atom stereocenters. The average molecular weight is 266 g/mol. The van der Waals surface area contributed by atoms with Gasteiger partial charge in [0.15, 0.2) is 0 Å². The molecule has 7 heteroatoms. The molecule has 2 aromatic heterocycles. The van der Waals surface area contributed by atoms with E-state index in [4.69, 9.17) is 0 Å². The van der Waals surface area contributed by atoms with Crippen molar-refractivity contribution in [1.29, 1.82) is 0 Å². The molecule has 0 bridgehead atoms. The molecule has 2 aromatic rings. The van der Waals surface area contributed by atoms with Crippen LogP contribution in [0.1, 0.15) is 29.2 Å². The predicted molar refractivity (Wildman–Crippen MR) is 70.1 cm³/mol. The summed E-state index contributed by atoms with van der Waals surface area (Å²) in [6.07, 6.45) is 2.88. The van der Waals surface area contributed by atoms with Crippen molar-refractivity contribution >= 4 is 11.3 Å². The average Bonchev–Trinajstić information content (AvgIpc) is 2.90. The second-order valence-electron chi connectivity index (χ2n) is 4.33. The van der Waals surface area contributed by atoms with Gasteiger partial charge in [-0.2, -0.15) is 0 Å². The summed E-state index contributed by atoms with van der Waals surface area (Å²) >= 11 is 1.64. The molecule has 0 spiro atoms. The summed E-state index contributed by atoms with van der Waals surface area (Å²) in [4.78, 5) is 2.18. The van der Waals surface area contributed by atoms with Crippen LogP contribution in [0, 0.1) is 6.92 Å². The summed E-state index contributed by atoms with van der Waals surface area (Å²) in [7, 11) is 2.06. The number of aryl methyl sites for hydroxylation is 2. The van der Waals surface area contributed by atoms with Crippen LogP contribution >= 0.6 is 11.3 Å². The van der Waals surface area contributed by atoms with Crippen LogP contribution in [0.5, 0.6) is 0 Å². The van der Waals surface area contributed by atoms with E-state index in [1.807, 2.05) is 6.92 Å². The van der Waals surface area contributed by atoms with Crippen molar-refractivity contribution in [2.75, 3.05) is 7.05 Å². The number of hydrogen-bond acceptors (Lipinski definition) is 6. The highest BCUT2D eigenvalue weighted by atomic mass is 32.1. The first-order valence-corrected chi connectivity index (χ1v) is 6.85. The summed E-state index contributed by atoms with van der Waals surface area (Å²) in [5.41, 5.74) is 0. The summed E-state index contributed by atoms with van der Waals surface area (Å²) in [5, 5.41) is 18.3. The van der Waals surface area contributed by atoms with E-state index in [0.29, 0.717) is 0 Å². The second-order valence-corrected chi connectivity index (χ2v) is 5.59. The minimum absolute atomic E-state index is 0.776. The highest BCUT2D eigenvalue weighted by molar-refractivity contribution is 7.11.